The lowest BCUT2D eigenvalue weighted by molar-refractivity contribution is 0.481. The summed E-state index contributed by atoms with van der Waals surface area (Å²) in [4.78, 5) is 0. The van der Waals surface area contributed by atoms with Gasteiger partial charge in [0.1, 0.15) is 5.75 Å². The van der Waals surface area contributed by atoms with E-state index in [1.165, 1.54) is 5.56 Å². The van der Waals surface area contributed by atoms with E-state index < -0.39 is 0 Å². The van der Waals surface area contributed by atoms with Crippen LogP contribution in [0.5, 0.6) is 11.5 Å². The van der Waals surface area contributed by atoms with Gasteiger partial charge in [-0.3, -0.25) is 0 Å². The monoisotopic (exact) mass is 247 g/mol. The fraction of sp³-hybridized carbons (Fsp3) is 0.143. The highest BCUT2D eigenvalue weighted by Crippen LogP contribution is 2.32. The fourth-order valence-electron chi connectivity index (χ4n) is 1.55. The van der Waals surface area contributed by atoms with Crippen LogP contribution in [0.1, 0.15) is 11.1 Å². The summed E-state index contributed by atoms with van der Waals surface area (Å²) in [5.41, 5.74) is 8.71. The van der Waals surface area contributed by atoms with Crippen molar-refractivity contribution in [3.8, 4) is 11.5 Å². The van der Waals surface area contributed by atoms with E-state index in [1.54, 1.807) is 18.2 Å². The minimum atomic E-state index is 0.579. The van der Waals surface area contributed by atoms with Gasteiger partial charge in [-0.1, -0.05) is 23.7 Å². The molecule has 0 aliphatic rings. The minimum Gasteiger partial charge on any atom is -0.455 e. The number of nitrogens with two attached hydrogens (primary N) is 1. The molecule has 2 aromatic carbocycles. The van der Waals surface area contributed by atoms with Crippen molar-refractivity contribution in [1.29, 1.82) is 0 Å². The zero-order chi connectivity index (χ0) is 12.4. The molecular formula is C14H14ClNO. The summed E-state index contributed by atoms with van der Waals surface area (Å²) in [6, 6.07) is 11.1. The molecule has 0 aliphatic heterocycles. The first kappa shape index (κ1) is 11.8. The highest BCUT2D eigenvalue weighted by Gasteiger charge is 2.06. The van der Waals surface area contributed by atoms with Gasteiger partial charge in [-0.15, -0.1) is 0 Å². The average molecular weight is 248 g/mol. The molecule has 2 rings (SSSR count). The van der Waals surface area contributed by atoms with Crippen molar-refractivity contribution in [3.05, 3.63) is 52.5 Å². The molecule has 0 aliphatic carbocycles. The Hall–Kier alpha value is -1.67. The molecule has 0 heterocycles. The van der Waals surface area contributed by atoms with E-state index in [1.807, 2.05) is 32.0 Å². The lowest BCUT2D eigenvalue weighted by Gasteiger charge is -2.12. The molecule has 17 heavy (non-hydrogen) atoms. The molecule has 0 saturated heterocycles. The predicted molar refractivity (Wildman–Crippen MR) is 71.9 cm³/mol. The van der Waals surface area contributed by atoms with Crippen LogP contribution in [0, 0.1) is 13.8 Å². The smallest absolute Gasteiger partial charge is 0.151 e. The van der Waals surface area contributed by atoms with E-state index in [9.17, 15) is 0 Å². The number of benzene rings is 2. The van der Waals surface area contributed by atoms with E-state index in [4.69, 9.17) is 22.1 Å². The van der Waals surface area contributed by atoms with Crippen LogP contribution in [-0.2, 0) is 0 Å². The van der Waals surface area contributed by atoms with Crippen LogP contribution < -0.4 is 10.5 Å². The van der Waals surface area contributed by atoms with Gasteiger partial charge >= 0.3 is 0 Å². The maximum Gasteiger partial charge on any atom is 0.151 e. The van der Waals surface area contributed by atoms with E-state index >= 15 is 0 Å². The molecule has 0 radical (unpaired) electrons. The number of nitrogen functional groups attached to an aromatic ring is 1. The first-order valence-electron chi connectivity index (χ1n) is 5.37. The Morgan fingerprint density at radius 3 is 2.59 bits per heavy atom. The van der Waals surface area contributed by atoms with Gasteiger partial charge in [0.25, 0.3) is 0 Å². The Kier molecular flexibility index (Phi) is 3.25. The Balaban J connectivity index is 2.38. The Bertz CT molecular complexity index is 552. The Labute approximate surface area is 106 Å². The zero-order valence-electron chi connectivity index (χ0n) is 9.83. The summed E-state index contributed by atoms with van der Waals surface area (Å²) in [7, 11) is 0. The summed E-state index contributed by atoms with van der Waals surface area (Å²) in [6.45, 7) is 4.06. The number of aryl methyl sites for hydroxylation is 1. The van der Waals surface area contributed by atoms with E-state index in [2.05, 4.69) is 0 Å². The molecule has 0 amide bonds. The van der Waals surface area contributed by atoms with Crippen molar-refractivity contribution in [1.82, 2.24) is 0 Å². The molecule has 2 nitrogen and oxygen atoms in total. The lowest BCUT2D eigenvalue weighted by atomic mass is 10.1. The molecule has 0 saturated carbocycles. The SMILES string of the molecule is Cc1cccc(Oc2cc(Cl)ccc2N)c1C. The molecule has 0 fully saturated rings. The van der Waals surface area contributed by atoms with Crippen LogP contribution in [0.4, 0.5) is 5.69 Å². The van der Waals surface area contributed by atoms with Gasteiger partial charge in [-0.2, -0.15) is 0 Å². The lowest BCUT2D eigenvalue weighted by Crippen LogP contribution is -1.94. The number of halogens is 1. The second-order valence-electron chi connectivity index (χ2n) is 3.98. The van der Waals surface area contributed by atoms with Crippen molar-refractivity contribution < 1.29 is 4.74 Å². The van der Waals surface area contributed by atoms with Gasteiger partial charge in [0.15, 0.2) is 5.75 Å². The first-order chi connectivity index (χ1) is 8.08. The zero-order valence-corrected chi connectivity index (χ0v) is 10.6. The maximum atomic E-state index is 5.92. The van der Waals surface area contributed by atoms with Gasteiger partial charge in [-0.05, 0) is 43.2 Å². The number of hydrogen-bond acceptors (Lipinski definition) is 2. The summed E-state index contributed by atoms with van der Waals surface area (Å²) in [5, 5.41) is 0.611. The quantitative estimate of drug-likeness (QED) is 0.802. The summed E-state index contributed by atoms with van der Waals surface area (Å²) >= 11 is 5.92. The fourth-order valence-corrected chi connectivity index (χ4v) is 1.71. The molecule has 0 bridgehead atoms. The molecule has 2 N–H and O–H groups in total. The molecule has 0 atom stereocenters. The second kappa shape index (κ2) is 4.68. The molecule has 0 spiro atoms. The van der Waals surface area contributed by atoms with E-state index in [0.29, 0.717) is 16.5 Å². The number of anilines is 1. The van der Waals surface area contributed by atoms with Gasteiger partial charge in [-0.25, -0.2) is 0 Å². The highest BCUT2D eigenvalue weighted by atomic mass is 35.5. The average Bonchev–Trinajstić information content (AvgIpc) is 2.30. The van der Waals surface area contributed by atoms with Gasteiger partial charge in [0.05, 0.1) is 5.69 Å². The normalized spacial score (nSPS) is 10.3. The summed E-state index contributed by atoms with van der Waals surface area (Å²) < 4.78 is 5.79. The molecule has 3 heteroatoms. The summed E-state index contributed by atoms with van der Waals surface area (Å²) in [6.07, 6.45) is 0. The number of hydrogen-bond donors (Lipinski definition) is 1. The maximum absolute atomic E-state index is 5.92. The highest BCUT2D eigenvalue weighted by molar-refractivity contribution is 6.30. The first-order valence-corrected chi connectivity index (χ1v) is 5.75. The standard InChI is InChI=1S/C14H14ClNO/c1-9-4-3-5-13(10(9)2)17-14-8-11(15)6-7-12(14)16/h3-8H,16H2,1-2H3. The van der Waals surface area contributed by atoms with Crippen LogP contribution in [-0.4, -0.2) is 0 Å². The van der Waals surface area contributed by atoms with Crippen molar-refractivity contribution in [3.63, 3.8) is 0 Å². The molecule has 0 aromatic heterocycles. The van der Waals surface area contributed by atoms with Crippen LogP contribution in [0.15, 0.2) is 36.4 Å². The van der Waals surface area contributed by atoms with Crippen LogP contribution in [0.2, 0.25) is 5.02 Å². The van der Waals surface area contributed by atoms with Crippen molar-refractivity contribution >= 4 is 17.3 Å². The molecule has 88 valence electrons. The summed E-state index contributed by atoms with van der Waals surface area (Å²) in [5.74, 6) is 1.39. The third-order valence-electron chi connectivity index (χ3n) is 2.75. The number of ether oxygens (including phenoxy) is 1. The third kappa shape index (κ3) is 2.53. The van der Waals surface area contributed by atoms with Gasteiger partial charge in [0.2, 0.25) is 0 Å². The van der Waals surface area contributed by atoms with Crippen molar-refractivity contribution in [2.75, 3.05) is 5.73 Å². The van der Waals surface area contributed by atoms with E-state index in [0.717, 1.165) is 11.3 Å². The van der Waals surface area contributed by atoms with Gasteiger partial charge < -0.3 is 10.5 Å². The largest absolute Gasteiger partial charge is 0.455 e. The second-order valence-corrected chi connectivity index (χ2v) is 4.42. The Morgan fingerprint density at radius 2 is 1.82 bits per heavy atom. The predicted octanol–water partition coefficient (Wildman–Crippen LogP) is 4.33. The minimum absolute atomic E-state index is 0.579. The number of rotatable bonds is 2. The van der Waals surface area contributed by atoms with Crippen LogP contribution in [0.3, 0.4) is 0 Å². The van der Waals surface area contributed by atoms with Crippen molar-refractivity contribution in [2.45, 2.75) is 13.8 Å². The van der Waals surface area contributed by atoms with Crippen LogP contribution in [0.25, 0.3) is 0 Å². The van der Waals surface area contributed by atoms with Crippen molar-refractivity contribution in [2.24, 2.45) is 0 Å². The molecular weight excluding hydrogens is 234 g/mol. The topological polar surface area (TPSA) is 35.2 Å². The van der Waals surface area contributed by atoms with Gasteiger partial charge in [0, 0.05) is 11.1 Å². The molecule has 0 unspecified atom stereocenters. The molecule has 2 aromatic rings. The third-order valence-corrected chi connectivity index (χ3v) is 2.99. The Morgan fingerprint density at radius 1 is 1.06 bits per heavy atom. The van der Waals surface area contributed by atoms with E-state index in [-0.39, 0.29) is 0 Å². The van der Waals surface area contributed by atoms with Crippen LogP contribution >= 0.6 is 11.6 Å².